The van der Waals surface area contributed by atoms with Gasteiger partial charge < -0.3 is 10.5 Å². The second kappa shape index (κ2) is 4.64. The lowest BCUT2D eigenvalue weighted by Crippen LogP contribution is -2.18. The van der Waals surface area contributed by atoms with Crippen molar-refractivity contribution in [1.29, 1.82) is 0 Å². The van der Waals surface area contributed by atoms with E-state index in [1.54, 1.807) is 0 Å². The quantitative estimate of drug-likeness (QED) is 0.432. The van der Waals surface area contributed by atoms with Gasteiger partial charge in [-0.2, -0.15) is 12.6 Å². The second-order valence-corrected chi connectivity index (χ2v) is 2.40. The molecule has 0 heterocycles. The smallest absolute Gasteiger partial charge is 0.306 e. The second-order valence-electron chi connectivity index (χ2n) is 1.67. The average Bonchev–Trinajstić information content (AvgIpc) is 1.87. The lowest BCUT2D eigenvalue weighted by molar-refractivity contribution is -0.140. The first-order valence-electron chi connectivity index (χ1n) is 2.65. The van der Waals surface area contributed by atoms with Gasteiger partial charge in [-0.15, -0.1) is 0 Å². The van der Waals surface area contributed by atoms with Gasteiger partial charge in [-0.05, 0) is 0 Å². The highest BCUT2D eigenvalue weighted by atomic mass is 32.1. The van der Waals surface area contributed by atoms with Crippen LogP contribution in [0.4, 0.5) is 0 Å². The van der Waals surface area contributed by atoms with E-state index >= 15 is 0 Å². The molecule has 0 aliphatic rings. The number of thiol groups is 1. The number of hydrogen-bond donors (Lipinski definition) is 2. The first-order chi connectivity index (χ1) is 4.20. The predicted octanol–water partition coefficient (Wildman–Crippen LogP) is -0.193. The van der Waals surface area contributed by atoms with E-state index in [0.717, 1.165) is 0 Å². The molecule has 2 N–H and O–H groups in total. The summed E-state index contributed by atoms with van der Waals surface area (Å²) in [4.78, 5) is 10.5. The predicted molar refractivity (Wildman–Crippen MR) is 38.5 cm³/mol. The molecule has 0 aliphatic heterocycles. The molecule has 0 radical (unpaired) electrons. The molecule has 1 atom stereocenters. The number of nitrogens with two attached hydrogens (primary N) is 1. The molecule has 4 heteroatoms. The van der Waals surface area contributed by atoms with E-state index in [0.29, 0.717) is 6.54 Å². The van der Waals surface area contributed by atoms with E-state index in [1.165, 1.54) is 7.11 Å². The number of rotatable bonds is 3. The van der Waals surface area contributed by atoms with Gasteiger partial charge in [0.05, 0.1) is 13.5 Å². The van der Waals surface area contributed by atoms with Gasteiger partial charge in [0.15, 0.2) is 0 Å². The first kappa shape index (κ1) is 8.78. The largest absolute Gasteiger partial charge is 0.469 e. The van der Waals surface area contributed by atoms with E-state index in [2.05, 4.69) is 17.4 Å². The molecule has 0 aromatic carbocycles. The fourth-order valence-corrected chi connectivity index (χ4v) is 0.508. The van der Waals surface area contributed by atoms with Gasteiger partial charge in [0, 0.05) is 11.8 Å². The van der Waals surface area contributed by atoms with Gasteiger partial charge >= 0.3 is 5.97 Å². The number of carbonyl (C=O) groups is 1. The SMILES string of the molecule is COC(=O)C[C@H](S)CN. The van der Waals surface area contributed by atoms with Crippen molar-refractivity contribution in [2.75, 3.05) is 13.7 Å². The third-order valence-electron chi connectivity index (χ3n) is 0.902. The topological polar surface area (TPSA) is 52.3 Å². The molecule has 0 aliphatic carbocycles. The fourth-order valence-electron chi connectivity index (χ4n) is 0.359. The highest BCUT2D eigenvalue weighted by molar-refractivity contribution is 7.81. The molecule has 3 nitrogen and oxygen atoms in total. The number of ether oxygens (including phenoxy) is 1. The number of carbonyl (C=O) groups excluding carboxylic acids is 1. The Morgan fingerprint density at radius 3 is 2.78 bits per heavy atom. The van der Waals surface area contributed by atoms with Crippen LogP contribution in [0.5, 0.6) is 0 Å². The van der Waals surface area contributed by atoms with Crippen LogP contribution in [-0.4, -0.2) is 24.9 Å². The van der Waals surface area contributed by atoms with Crippen LogP contribution >= 0.6 is 12.6 Å². The Morgan fingerprint density at radius 1 is 1.89 bits per heavy atom. The van der Waals surface area contributed by atoms with Crippen LogP contribution in [0, 0.1) is 0 Å². The van der Waals surface area contributed by atoms with Crippen molar-refractivity contribution in [3.63, 3.8) is 0 Å². The molecule has 0 saturated carbocycles. The Balaban J connectivity index is 3.34. The molecule has 0 aromatic rings. The summed E-state index contributed by atoms with van der Waals surface area (Å²) in [5, 5.41) is -0.0718. The molecule has 0 bridgehead atoms. The lowest BCUT2D eigenvalue weighted by atomic mass is 10.3. The molecule has 0 unspecified atom stereocenters. The lowest BCUT2D eigenvalue weighted by Gasteiger charge is -2.03. The molecule has 0 aromatic heterocycles. The molecule has 0 fully saturated rings. The van der Waals surface area contributed by atoms with Gasteiger partial charge in [-0.1, -0.05) is 0 Å². The Morgan fingerprint density at radius 2 is 2.44 bits per heavy atom. The van der Waals surface area contributed by atoms with E-state index in [9.17, 15) is 4.79 Å². The minimum Gasteiger partial charge on any atom is -0.469 e. The van der Waals surface area contributed by atoms with Crippen LogP contribution in [-0.2, 0) is 9.53 Å². The Bertz CT molecular complexity index is 97.0. The number of hydrogen-bond acceptors (Lipinski definition) is 4. The van der Waals surface area contributed by atoms with Crippen molar-refractivity contribution in [1.82, 2.24) is 0 Å². The van der Waals surface area contributed by atoms with Gasteiger partial charge in [-0.25, -0.2) is 0 Å². The minimum atomic E-state index is -0.263. The van der Waals surface area contributed by atoms with Crippen molar-refractivity contribution in [2.45, 2.75) is 11.7 Å². The van der Waals surface area contributed by atoms with E-state index in [1.807, 2.05) is 0 Å². The highest BCUT2D eigenvalue weighted by Gasteiger charge is 2.06. The summed E-state index contributed by atoms with van der Waals surface area (Å²) in [6.45, 7) is 0.401. The van der Waals surface area contributed by atoms with Crippen molar-refractivity contribution in [3.8, 4) is 0 Å². The minimum absolute atomic E-state index is 0.0718. The Labute approximate surface area is 60.0 Å². The van der Waals surface area contributed by atoms with Gasteiger partial charge in [-0.3, -0.25) is 4.79 Å². The van der Waals surface area contributed by atoms with Crippen molar-refractivity contribution in [2.24, 2.45) is 5.73 Å². The van der Waals surface area contributed by atoms with Crippen LogP contribution in [0.1, 0.15) is 6.42 Å². The van der Waals surface area contributed by atoms with Crippen LogP contribution in [0.15, 0.2) is 0 Å². The Hall–Kier alpha value is -0.220. The molecule has 54 valence electrons. The van der Waals surface area contributed by atoms with E-state index in [-0.39, 0.29) is 17.6 Å². The zero-order valence-corrected chi connectivity index (χ0v) is 6.23. The summed E-state index contributed by atoms with van der Waals surface area (Å²) < 4.78 is 4.38. The molecule has 0 rings (SSSR count). The maximum Gasteiger partial charge on any atom is 0.306 e. The summed E-state index contributed by atoms with van der Waals surface area (Å²) in [7, 11) is 1.35. The normalized spacial score (nSPS) is 12.8. The third-order valence-corrected chi connectivity index (χ3v) is 1.30. The van der Waals surface area contributed by atoms with Crippen molar-refractivity contribution in [3.05, 3.63) is 0 Å². The summed E-state index contributed by atoms with van der Waals surface area (Å²) >= 11 is 4.00. The zero-order chi connectivity index (χ0) is 7.28. The summed E-state index contributed by atoms with van der Waals surface area (Å²) in [5.74, 6) is -0.263. The molecule has 0 amide bonds. The van der Waals surface area contributed by atoms with Crippen molar-refractivity contribution >= 4 is 18.6 Å². The molecular weight excluding hydrogens is 138 g/mol. The molecule has 0 spiro atoms. The molecule has 9 heavy (non-hydrogen) atoms. The maximum absolute atomic E-state index is 10.5. The summed E-state index contributed by atoms with van der Waals surface area (Å²) in [6.07, 6.45) is 0.288. The highest BCUT2D eigenvalue weighted by Crippen LogP contribution is 1.98. The summed E-state index contributed by atoms with van der Waals surface area (Å²) in [6, 6.07) is 0. The monoisotopic (exact) mass is 149 g/mol. The first-order valence-corrected chi connectivity index (χ1v) is 3.17. The Kier molecular flexibility index (Phi) is 4.53. The van der Waals surface area contributed by atoms with Crippen LogP contribution in [0.25, 0.3) is 0 Å². The van der Waals surface area contributed by atoms with Crippen LogP contribution in [0.3, 0.4) is 0 Å². The third kappa shape index (κ3) is 4.29. The van der Waals surface area contributed by atoms with Crippen LogP contribution in [0.2, 0.25) is 0 Å². The fraction of sp³-hybridized carbons (Fsp3) is 0.800. The van der Waals surface area contributed by atoms with E-state index < -0.39 is 0 Å². The van der Waals surface area contributed by atoms with Gasteiger partial charge in [0.1, 0.15) is 0 Å². The zero-order valence-electron chi connectivity index (χ0n) is 5.33. The average molecular weight is 149 g/mol. The van der Waals surface area contributed by atoms with E-state index in [4.69, 9.17) is 5.73 Å². The number of methoxy groups -OCH3 is 1. The van der Waals surface area contributed by atoms with Gasteiger partial charge in [0.2, 0.25) is 0 Å². The van der Waals surface area contributed by atoms with Gasteiger partial charge in [0.25, 0.3) is 0 Å². The summed E-state index contributed by atoms with van der Waals surface area (Å²) in [5.41, 5.74) is 5.19. The molecule has 0 saturated heterocycles. The van der Waals surface area contributed by atoms with Crippen molar-refractivity contribution < 1.29 is 9.53 Å². The molecular formula is C5H11NO2S. The number of esters is 1. The van der Waals surface area contributed by atoms with Crippen LogP contribution < -0.4 is 5.73 Å². The standard InChI is InChI=1S/C5H11NO2S/c1-8-5(7)2-4(9)3-6/h4,9H,2-3,6H2,1H3/t4-/m0/s1. The maximum atomic E-state index is 10.5.